The first-order chi connectivity index (χ1) is 9.23. The quantitative estimate of drug-likeness (QED) is 0.679. The van der Waals surface area contributed by atoms with Crippen LogP contribution >= 0.6 is 0 Å². The van der Waals surface area contributed by atoms with Crippen LogP contribution in [-0.4, -0.2) is 17.8 Å². The number of nitrogens with one attached hydrogen (secondary N) is 1. The minimum atomic E-state index is -0.673. The molecule has 0 radical (unpaired) electrons. The van der Waals surface area contributed by atoms with Crippen molar-refractivity contribution in [2.75, 3.05) is 5.32 Å². The molecule has 20 heavy (non-hydrogen) atoms. The number of benzene rings is 1. The first kappa shape index (κ1) is 15.9. The normalized spacial score (nSPS) is 12.2. The van der Waals surface area contributed by atoms with Crippen molar-refractivity contribution in [2.45, 2.75) is 39.3 Å². The number of amides is 1. The van der Waals surface area contributed by atoms with Crippen LogP contribution in [0, 0.1) is 5.82 Å². The van der Waals surface area contributed by atoms with Crippen molar-refractivity contribution in [3.05, 3.63) is 29.6 Å². The summed E-state index contributed by atoms with van der Waals surface area (Å²) in [5.74, 6) is -0.508. The van der Waals surface area contributed by atoms with Crippen molar-refractivity contribution in [3.63, 3.8) is 0 Å². The van der Waals surface area contributed by atoms with E-state index >= 15 is 0 Å². The Labute approximate surface area is 116 Å². The molecule has 0 aliphatic rings. The molecular formula is C14H17FN2O3. The van der Waals surface area contributed by atoms with Crippen LogP contribution in [0.5, 0.6) is 0 Å². The van der Waals surface area contributed by atoms with Gasteiger partial charge in [-0.15, -0.1) is 0 Å². The number of halogens is 1. The van der Waals surface area contributed by atoms with Crippen molar-refractivity contribution in [3.8, 4) is 0 Å². The lowest BCUT2D eigenvalue weighted by molar-refractivity contribution is 0.0636. The zero-order valence-corrected chi connectivity index (χ0v) is 11.9. The van der Waals surface area contributed by atoms with Crippen LogP contribution in [0.15, 0.2) is 23.2 Å². The topological polar surface area (TPSA) is 67.8 Å². The summed E-state index contributed by atoms with van der Waals surface area (Å²) < 4.78 is 18.7. The lowest BCUT2D eigenvalue weighted by Crippen LogP contribution is -2.27. The van der Waals surface area contributed by atoms with E-state index in [2.05, 4.69) is 10.3 Å². The summed E-state index contributed by atoms with van der Waals surface area (Å²) in [5.41, 5.74) is -0.0623. The fourth-order valence-corrected chi connectivity index (χ4v) is 1.51. The van der Waals surface area contributed by atoms with Crippen LogP contribution in [0.1, 0.15) is 39.3 Å². The van der Waals surface area contributed by atoms with E-state index in [-0.39, 0.29) is 5.56 Å². The Kier molecular flexibility index (Phi) is 5.00. The number of ether oxygens (including phenoxy) is 1. The van der Waals surface area contributed by atoms with Gasteiger partial charge in [-0.05, 0) is 45.9 Å². The zero-order chi connectivity index (χ0) is 15.3. The molecule has 108 valence electrons. The molecule has 5 nitrogen and oxygen atoms in total. The number of carbonyl (C=O) groups is 1. The Balaban J connectivity index is 2.90. The van der Waals surface area contributed by atoms with Gasteiger partial charge in [-0.3, -0.25) is 5.32 Å². The van der Waals surface area contributed by atoms with Gasteiger partial charge in [0.15, 0.2) is 0 Å². The molecule has 1 N–H and O–H groups in total. The average Bonchev–Trinajstić information content (AvgIpc) is 2.29. The predicted octanol–water partition coefficient (Wildman–Crippen LogP) is 3.57. The van der Waals surface area contributed by atoms with Crippen LogP contribution in [0.4, 0.5) is 14.9 Å². The fourth-order valence-electron chi connectivity index (χ4n) is 1.51. The largest absolute Gasteiger partial charge is 0.444 e. The third kappa shape index (κ3) is 4.82. The zero-order valence-electron chi connectivity index (χ0n) is 11.9. The van der Waals surface area contributed by atoms with Gasteiger partial charge in [0.05, 0.1) is 6.04 Å². The number of hydrogen-bond donors (Lipinski definition) is 1. The molecule has 1 aromatic carbocycles. The summed E-state index contributed by atoms with van der Waals surface area (Å²) in [6.07, 6.45) is 0.743. The highest BCUT2D eigenvalue weighted by Crippen LogP contribution is 2.23. The standard InChI is InChI=1S/C14H17FN2O3/c1-9(16-8-18)11-7-10(5-6-12(11)15)17-13(19)20-14(2,3)4/h5-7,9H,1-4H3,(H,17,19). The van der Waals surface area contributed by atoms with Crippen LogP contribution in [-0.2, 0) is 9.53 Å². The van der Waals surface area contributed by atoms with Crippen molar-refractivity contribution >= 4 is 17.9 Å². The number of hydrogen-bond acceptors (Lipinski definition) is 4. The van der Waals surface area contributed by atoms with E-state index < -0.39 is 23.6 Å². The van der Waals surface area contributed by atoms with E-state index in [1.54, 1.807) is 27.7 Å². The lowest BCUT2D eigenvalue weighted by Gasteiger charge is -2.20. The number of rotatable bonds is 3. The van der Waals surface area contributed by atoms with Crippen molar-refractivity contribution in [2.24, 2.45) is 4.99 Å². The van der Waals surface area contributed by atoms with Gasteiger partial charge in [-0.1, -0.05) is 0 Å². The van der Waals surface area contributed by atoms with Crippen molar-refractivity contribution < 1.29 is 18.7 Å². The molecule has 0 aliphatic carbocycles. The monoisotopic (exact) mass is 280 g/mol. The van der Waals surface area contributed by atoms with Gasteiger partial charge in [-0.25, -0.2) is 14.0 Å². The third-order valence-corrected chi connectivity index (χ3v) is 2.34. The molecule has 1 aromatic rings. The molecule has 1 rings (SSSR count). The van der Waals surface area contributed by atoms with Gasteiger partial charge in [0.25, 0.3) is 0 Å². The smallest absolute Gasteiger partial charge is 0.412 e. The van der Waals surface area contributed by atoms with E-state index in [0.717, 1.165) is 0 Å². The molecule has 1 atom stereocenters. The lowest BCUT2D eigenvalue weighted by atomic mass is 10.1. The molecule has 0 saturated carbocycles. The Morgan fingerprint density at radius 3 is 2.65 bits per heavy atom. The second-order valence-corrected chi connectivity index (χ2v) is 5.26. The SMILES string of the molecule is CC(N=C=O)c1cc(NC(=O)OC(C)(C)C)ccc1F. The minimum Gasteiger partial charge on any atom is -0.444 e. The number of nitrogens with zero attached hydrogens (tertiary/aromatic N) is 1. The number of anilines is 1. The van der Waals surface area contributed by atoms with E-state index in [9.17, 15) is 14.0 Å². The van der Waals surface area contributed by atoms with Gasteiger partial charge < -0.3 is 4.74 Å². The van der Waals surface area contributed by atoms with Gasteiger partial charge in [0.1, 0.15) is 11.4 Å². The van der Waals surface area contributed by atoms with Crippen molar-refractivity contribution in [1.82, 2.24) is 0 Å². The first-order valence-electron chi connectivity index (χ1n) is 6.09. The van der Waals surface area contributed by atoms with Gasteiger partial charge in [-0.2, -0.15) is 4.99 Å². The molecular weight excluding hydrogens is 263 g/mol. The summed E-state index contributed by atoms with van der Waals surface area (Å²) >= 11 is 0. The molecule has 1 amide bonds. The maximum absolute atomic E-state index is 13.6. The first-order valence-corrected chi connectivity index (χ1v) is 6.09. The minimum absolute atomic E-state index is 0.196. The predicted molar refractivity (Wildman–Crippen MR) is 72.8 cm³/mol. The van der Waals surface area contributed by atoms with E-state index in [1.165, 1.54) is 24.3 Å². The summed E-state index contributed by atoms with van der Waals surface area (Å²) in [5, 5.41) is 2.50. The molecule has 6 heteroatoms. The van der Waals surface area contributed by atoms with E-state index in [0.29, 0.717) is 5.69 Å². The molecule has 0 spiro atoms. The summed E-state index contributed by atoms with van der Waals surface area (Å²) in [4.78, 5) is 25.3. The molecule has 1 unspecified atom stereocenters. The highest BCUT2D eigenvalue weighted by Gasteiger charge is 2.17. The Morgan fingerprint density at radius 2 is 2.10 bits per heavy atom. The average molecular weight is 280 g/mol. The van der Waals surface area contributed by atoms with E-state index in [4.69, 9.17) is 4.74 Å². The number of isocyanates is 1. The van der Waals surface area contributed by atoms with Crippen LogP contribution in [0.3, 0.4) is 0 Å². The van der Waals surface area contributed by atoms with Crippen molar-refractivity contribution in [1.29, 1.82) is 0 Å². The Bertz CT molecular complexity index is 546. The summed E-state index contributed by atoms with van der Waals surface area (Å²) in [6.45, 7) is 6.77. The Morgan fingerprint density at radius 1 is 1.45 bits per heavy atom. The number of aliphatic imine (C=N–C) groups is 1. The van der Waals surface area contributed by atoms with Gasteiger partial charge in [0, 0.05) is 11.3 Å². The molecule has 0 saturated heterocycles. The second kappa shape index (κ2) is 6.30. The van der Waals surface area contributed by atoms with Crippen LogP contribution < -0.4 is 5.32 Å². The number of carbonyl (C=O) groups excluding carboxylic acids is 2. The van der Waals surface area contributed by atoms with Gasteiger partial charge >= 0.3 is 6.09 Å². The molecule has 0 heterocycles. The second-order valence-electron chi connectivity index (χ2n) is 5.26. The highest BCUT2D eigenvalue weighted by molar-refractivity contribution is 5.85. The van der Waals surface area contributed by atoms with Crippen LogP contribution in [0.25, 0.3) is 0 Å². The fraction of sp³-hybridized carbons (Fsp3) is 0.429. The summed E-state index contributed by atoms with van der Waals surface area (Å²) in [6, 6.07) is 3.33. The highest BCUT2D eigenvalue weighted by atomic mass is 19.1. The maximum Gasteiger partial charge on any atom is 0.412 e. The summed E-state index contributed by atoms with van der Waals surface area (Å²) in [7, 11) is 0. The molecule has 0 aliphatic heterocycles. The molecule has 0 bridgehead atoms. The Hall–Kier alpha value is -2.20. The van der Waals surface area contributed by atoms with Crippen LogP contribution in [0.2, 0.25) is 0 Å². The third-order valence-electron chi connectivity index (χ3n) is 2.34. The molecule has 0 aromatic heterocycles. The van der Waals surface area contributed by atoms with E-state index in [1.807, 2.05) is 0 Å². The molecule has 0 fully saturated rings. The maximum atomic E-state index is 13.6. The van der Waals surface area contributed by atoms with Gasteiger partial charge in [0.2, 0.25) is 6.08 Å².